The minimum Gasteiger partial charge on any atom is -0.493 e. The summed E-state index contributed by atoms with van der Waals surface area (Å²) in [6, 6.07) is 6.60. The Morgan fingerprint density at radius 2 is 1.86 bits per heavy atom. The van der Waals surface area contributed by atoms with Crippen LogP contribution in [0.25, 0.3) is 10.9 Å². The van der Waals surface area contributed by atoms with E-state index in [1.807, 2.05) is 18.3 Å². The van der Waals surface area contributed by atoms with Crippen LogP contribution in [-0.4, -0.2) is 25.2 Å². The third-order valence-electron chi connectivity index (χ3n) is 4.49. The van der Waals surface area contributed by atoms with Gasteiger partial charge in [-0.3, -0.25) is 4.98 Å². The van der Waals surface area contributed by atoms with Gasteiger partial charge < -0.3 is 14.8 Å². The number of aromatic nitrogens is 1. The summed E-state index contributed by atoms with van der Waals surface area (Å²) in [7, 11) is 3.30. The van der Waals surface area contributed by atoms with Gasteiger partial charge in [0.1, 0.15) is 0 Å². The van der Waals surface area contributed by atoms with Gasteiger partial charge in [-0.05, 0) is 30.9 Å². The van der Waals surface area contributed by atoms with Crippen LogP contribution in [0.3, 0.4) is 0 Å². The number of methoxy groups -OCH3 is 2. The summed E-state index contributed by atoms with van der Waals surface area (Å²) in [6.45, 7) is 2.34. The number of ether oxygens (including phenoxy) is 2. The Morgan fingerprint density at radius 1 is 1.09 bits per heavy atom. The maximum atomic E-state index is 5.38. The van der Waals surface area contributed by atoms with E-state index in [2.05, 4.69) is 23.3 Å². The molecule has 1 heterocycles. The van der Waals surface area contributed by atoms with Gasteiger partial charge >= 0.3 is 0 Å². The molecule has 1 aromatic carbocycles. The van der Waals surface area contributed by atoms with Gasteiger partial charge in [0.2, 0.25) is 0 Å². The molecule has 1 aliphatic rings. The van der Waals surface area contributed by atoms with E-state index >= 15 is 0 Å². The average Bonchev–Trinajstić information content (AvgIpc) is 2.53. The second-order valence-electron chi connectivity index (χ2n) is 6.24. The average molecular weight is 300 g/mol. The summed E-state index contributed by atoms with van der Waals surface area (Å²) < 4.78 is 10.7. The van der Waals surface area contributed by atoms with E-state index in [9.17, 15) is 0 Å². The molecule has 4 heteroatoms. The van der Waals surface area contributed by atoms with Gasteiger partial charge in [-0.2, -0.15) is 0 Å². The third kappa shape index (κ3) is 3.11. The first-order chi connectivity index (χ1) is 10.7. The van der Waals surface area contributed by atoms with Crippen molar-refractivity contribution in [3.05, 3.63) is 24.4 Å². The molecule has 0 aliphatic heterocycles. The van der Waals surface area contributed by atoms with Gasteiger partial charge in [0.05, 0.1) is 31.6 Å². The van der Waals surface area contributed by atoms with Crippen LogP contribution in [0.15, 0.2) is 24.4 Å². The van der Waals surface area contributed by atoms with Crippen LogP contribution in [0.2, 0.25) is 0 Å². The number of rotatable bonds is 4. The molecule has 1 aliphatic carbocycles. The quantitative estimate of drug-likeness (QED) is 0.917. The summed E-state index contributed by atoms with van der Waals surface area (Å²) in [5.74, 6) is 2.26. The topological polar surface area (TPSA) is 43.4 Å². The van der Waals surface area contributed by atoms with E-state index in [1.165, 1.54) is 25.7 Å². The van der Waals surface area contributed by atoms with E-state index in [0.717, 1.165) is 28.3 Å². The Balaban J connectivity index is 1.85. The molecule has 22 heavy (non-hydrogen) atoms. The highest BCUT2D eigenvalue weighted by Gasteiger charge is 2.18. The van der Waals surface area contributed by atoms with Gasteiger partial charge in [-0.15, -0.1) is 0 Å². The van der Waals surface area contributed by atoms with Crippen molar-refractivity contribution < 1.29 is 9.47 Å². The van der Waals surface area contributed by atoms with Crippen molar-refractivity contribution in [1.82, 2.24) is 4.98 Å². The zero-order valence-corrected chi connectivity index (χ0v) is 13.6. The summed E-state index contributed by atoms with van der Waals surface area (Å²) in [5.41, 5.74) is 2.00. The van der Waals surface area contributed by atoms with Crippen molar-refractivity contribution >= 4 is 16.6 Å². The number of nitrogens with one attached hydrogen (secondary N) is 1. The van der Waals surface area contributed by atoms with E-state index < -0.39 is 0 Å². The lowest BCUT2D eigenvalue weighted by molar-refractivity contribution is 0.355. The number of benzene rings is 1. The number of nitrogens with zero attached hydrogens (tertiary/aromatic N) is 1. The summed E-state index contributed by atoms with van der Waals surface area (Å²) >= 11 is 0. The number of hydrogen-bond acceptors (Lipinski definition) is 4. The lowest BCUT2D eigenvalue weighted by Crippen LogP contribution is -2.26. The molecule has 0 bridgehead atoms. The Bertz CT molecular complexity index is 657. The molecule has 2 atom stereocenters. The highest BCUT2D eigenvalue weighted by atomic mass is 16.5. The molecule has 4 nitrogen and oxygen atoms in total. The first kappa shape index (κ1) is 14.9. The lowest BCUT2D eigenvalue weighted by Gasteiger charge is -2.28. The Labute approximate surface area is 131 Å². The zero-order valence-electron chi connectivity index (χ0n) is 13.6. The van der Waals surface area contributed by atoms with Crippen molar-refractivity contribution in [2.24, 2.45) is 5.92 Å². The molecule has 0 saturated heterocycles. The predicted molar refractivity (Wildman–Crippen MR) is 89.9 cm³/mol. The van der Waals surface area contributed by atoms with E-state index in [-0.39, 0.29) is 0 Å². The van der Waals surface area contributed by atoms with Crippen molar-refractivity contribution in [3.63, 3.8) is 0 Å². The molecule has 1 aromatic heterocycles. The van der Waals surface area contributed by atoms with Crippen LogP contribution in [0.1, 0.15) is 32.6 Å². The molecule has 1 N–H and O–H groups in total. The SMILES string of the molecule is COc1cc2cc(NC3CCCC(C)C3)cnc2cc1OC. The van der Waals surface area contributed by atoms with Gasteiger partial charge in [0.15, 0.2) is 11.5 Å². The predicted octanol–water partition coefficient (Wildman–Crippen LogP) is 4.24. The molecule has 0 radical (unpaired) electrons. The number of fused-ring (bicyclic) bond motifs is 1. The van der Waals surface area contributed by atoms with Crippen LogP contribution in [0.5, 0.6) is 11.5 Å². The van der Waals surface area contributed by atoms with Crippen LogP contribution >= 0.6 is 0 Å². The normalized spacial score (nSPS) is 21.6. The fourth-order valence-electron chi connectivity index (χ4n) is 3.34. The number of hydrogen-bond donors (Lipinski definition) is 1. The number of pyridine rings is 1. The van der Waals surface area contributed by atoms with Crippen molar-refractivity contribution in [2.75, 3.05) is 19.5 Å². The molecule has 1 saturated carbocycles. The summed E-state index contributed by atoms with van der Waals surface area (Å²) in [4.78, 5) is 4.55. The van der Waals surface area contributed by atoms with Gasteiger partial charge in [-0.25, -0.2) is 0 Å². The minimum atomic E-state index is 0.558. The molecule has 3 rings (SSSR count). The second kappa shape index (κ2) is 6.42. The smallest absolute Gasteiger partial charge is 0.162 e. The van der Waals surface area contributed by atoms with Gasteiger partial charge in [0, 0.05) is 17.5 Å². The maximum Gasteiger partial charge on any atom is 0.162 e. The van der Waals surface area contributed by atoms with Crippen LogP contribution in [-0.2, 0) is 0 Å². The monoisotopic (exact) mass is 300 g/mol. The van der Waals surface area contributed by atoms with Crippen molar-refractivity contribution in [2.45, 2.75) is 38.6 Å². The highest BCUT2D eigenvalue weighted by molar-refractivity contribution is 5.85. The largest absolute Gasteiger partial charge is 0.493 e. The van der Waals surface area contributed by atoms with E-state index in [0.29, 0.717) is 11.8 Å². The van der Waals surface area contributed by atoms with Crippen LogP contribution < -0.4 is 14.8 Å². The van der Waals surface area contributed by atoms with Gasteiger partial charge in [0.25, 0.3) is 0 Å². The molecular weight excluding hydrogens is 276 g/mol. The summed E-state index contributed by atoms with van der Waals surface area (Å²) in [5, 5.41) is 4.70. The lowest BCUT2D eigenvalue weighted by atomic mass is 9.87. The summed E-state index contributed by atoms with van der Waals surface area (Å²) in [6.07, 6.45) is 7.06. The van der Waals surface area contributed by atoms with Crippen molar-refractivity contribution in [3.8, 4) is 11.5 Å². The molecule has 0 amide bonds. The zero-order chi connectivity index (χ0) is 15.5. The Kier molecular flexibility index (Phi) is 4.36. The molecule has 0 spiro atoms. The Morgan fingerprint density at radius 3 is 2.59 bits per heavy atom. The van der Waals surface area contributed by atoms with Crippen LogP contribution in [0.4, 0.5) is 5.69 Å². The van der Waals surface area contributed by atoms with Crippen molar-refractivity contribution in [1.29, 1.82) is 0 Å². The fraction of sp³-hybridized carbons (Fsp3) is 0.500. The van der Waals surface area contributed by atoms with Crippen LogP contribution in [0, 0.1) is 5.92 Å². The minimum absolute atomic E-state index is 0.558. The van der Waals surface area contributed by atoms with Gasteiger partial charge in [-0.1, -0.05) is 19.8 Å². The molecular formula is C18H24N2O2. The third-order valence-corrected chi connectivity index (χ3v) is 4.49. The maximum absolute atomic E-state index is 5.38. The fourth-order valence-corrected chi connectivity index (χ4v) is 3.34. The highest BCUT2D eigenvalue weighted by Crippen LogP contribution is 2.33. The van der Waals surface area contributed by atoms with E-state index in [4.69, 9.17) is 9.47 Å². The Hall–Kier alpha value is -1.97. The molecule has 2 unspecified atom stereocenters. The first-order valence-corrected chi connectivity index (χ1v) is 7.98. The first-order valence-electron chi connectivity index (χ1n) is 7.98. The number of anilines is 1. The molecule has 118 valence electrons. The second-order valence-corrected chi connectivity index (χ2v) is 6.24. The molecule has 2 aromatic rings. The van der Waals surface area contributed by atoms with E-state index in [1.54, 1.807) is 14.2 Å². The standard InChI is InChI=1S/C18H24N2O2/c1-12-5-4-6-14(7-12)20-15-8-13-9-17(21-2)18(22-3)10-16(13)19-11-15/h8-12,14,20H,4-7H2,1-3H3. The molecule has 1 fully saturated rings.